The van der Waals surface area contributed by atoms with Crippen LogP contribution in [0.1, 0.15) is 32.6 Å². The van der Waals surface area contributed by atoms with Crippen LogP contribution in [0.4, 0.5) is 4.39 Å². The Morgan fingerprint density at radius 1 is 1.13 bits per heavy atom. The van der Waals surface area contributed by atoms with Crippen molar-refractivity contribution in [1.82, 2.24) is 4.31 Å². The smallest absolute Gasteiger partial charge is 0.243 e. The van der Waals surface area contributed by atoms with Crippen molar-refractivity contribution in [2.75, 3.05) is 26.2 Å². The lowest BCUT2D eigenvalue weighted by Gasteiger charge is -2.38. The van der Waals surface area contributed by atoms with Gasteiger partial charge in [-0.05, 0) is 43.0 Å². The summed E-state index contributed by atoms with van der Waals surface area (Å²) in [5, 5.41) is 0. The molecule has 4 nitrogen and oxygen atoms in total. The molecule has 1 aliphatic heterocycles. The number of sulfonamides is 1. The van der Waals surface area contributed by atoms with Crippen LogP contribution in [0.15, 0.2) is 29.2 Å². The maximum absolute atomic E-state index is 13.0. The Labute approximate surface area is 138 Å². The lowest BCUT2D eigenvalue weighted by molar-refractivity contribution is -0.930. The molecule has 2 aliphatic rings. The molecule has 128 valence electrons. The second-order valence-corrected chi connectivity index (χ2v) is 8.92. The predicted molar refractivity (Wildman–Crippen MR) is 87.3 cm³/mol. The molecule has 1 saturated carbocycles. The Hall–Kier alpha value is -0.980. The summed E-state index contributed by atoms with van der Waals surface area (Å²) in [6, 6.07) is 5.81. The van der Waals surface area contributed by atoms with Gasteiger partial charge < -0.3 is 4.90 Å². The largest absolute Gasteiger partial charge is 0.330 e. The third-order valence-corrected chi connectivity index (χ3v) is 7.24. The molecule has 1 aromatic carbocycles. The van der Waals surface area contributed by atoms with E-state index in [1.165, 1.54) is 49.9 Å². The number of hydrogen-bond acceptors (Lipinski definition) is 2. The minimum Gasteiger partial charge on any atom is -0.330 e. The third kappa shape index (κ3) is 3.75. The van der Waals surface area contributed by atoms with E-state index in [0.29, 0.717) is 19.1 Å². The van der Waals surface area contributed by atoms with Crippen LogP contribution in [0.25, 0.3) is 0 Å². The summed E-state index contributed by atoms with van der Waals surface area (Å²) in [6.07, 6.45) is 5.16. The number of quaternary nitrogens is 1. The van der Waals surface area contributed by atoms with Crippen LogP contribution in [-0.2, 0) is 10.0 Å². The van der Waals surface area contributed by atoms with E-state index in [-0.39, 0.29) is 4.90 Å². The molecule has 0 radical (unpaired) electrons. The van der Waals surface area contributed by atoms with Crippen molar-refractivity contribution in [3.63, 3.8) is 0 Å². The molecule has 23 heavy (non-hydrogen) atoms. The molecule has 3 rings (SSSR count). The molecule has 0 spiro atoms. The molecule has 2 atom stereocenters. The number of halogens is 1. The zero-order valence-electron chi connectivity index (χ0n) is 13.7. The summed E-state index contributed by atoms with van der Waals surface area (Å²) >= 11 is 0. The molecule has 6 heteroatoms. The number of benzene rings is 1. The first-order valence-electron chi connectivity index (χ1n) is 8.57. The Morgan fingerprint density at radius 2 is 1.78 bits per heavy atom. The summed E-state index contributed by atoms with van der Waals surface area (Å²) in [7, 11) is -3.49. The quantitative estimate of drug-likeness (QED) is 0.900. The second-order valence-electron chi connectivity index (χ2n) is 6.98. The molecule has 0 bridgehead atoms. The van der Waals surface area contributed by atoms with E-state index >= 15 is 0 Å². The molecule has 1 saturated heterocycles. The number of piperazine rings is 1. The van der Waals surface area contributed by atoms with Gasteiger partial charge in [0.15, 0.2) is 0 Å². The van der Waals surface area contributed by atoms with E-state index in [1.54, 1.807) is 9.21 Å². The van der Waals surface area contributed by atoms with Crippen LogP contribution in [0.2, 0.25) is 0 Å². The summed E-state index contributed by atoms with van der Waals surface area (Å²) < 4.78 is 39.8. The Balaban J connectivity index is 1.63. The molecule has 1 heterocycles. The molecule has 1 aliphatic carbocycles. The van der Waals surface area contributed by atoms with E-state index in [4.69, 9.17) is 0 Å². The average molecular weight is 341 g/mol. The Kier molecular flexibility index (Phi) is 5.04. The molecule has 0 aromatic heterocycles. The van der Waals surface area contributed by atoms with Crippen molar-refractivity contribution >= 4 is 10.0 Å². The van der Waals surface area contributed by atoms with Crippen LogP contribution in [-0.4, -0.2) is 44.9 Å². The van der Waals surface area contributed by atoms with Gasteiger partial charge in [-0.2, -0.15) is 4.31 Å². The van der Waals surface area contributed by atoms with Crippen LogP contribution in [0, 0.1) is 11.7 Å². The number of nitrogens with one attached hydrogen (secondary N) is 1. The molecule has 2 fully saturated rings. The lowest BCUT2D eigenvalue weighted by Crippen LogP contribution is -3.18. The molecule has 1 N–H and O–H groups in total. The zero-order chi connectivity index (χ0) is 16.4. The zero-order valence-corrected chi connectivity index (χ0v) is 14.5. The van der Waals surface area contributed by atoms with Crippen molar-refractivity contribution in [3.05, 3.63) is 30.1 Å². The van der Waals surface area contributed by atoms with Crippen molar-refractivity contribution in [2.24, 2.45) is 5.92 Å². The maximum Gasteiger partial charge on any atom is 0.243 e. The first-order chi connectivity index (χ1) is 11.0. The van der Waals surface area contributed by atoms with Crippen LogP contribution >= 0.6 is 0 Å². The highest BCUT2D eigenvalue weighted by molar-refractivity contribution is 7.89. The predicted octanol–water partition coefficient (Wildman–Crippen LogP) is 1.29. The Morgan fingerprint density at radius 3 is 2.39 bits per heavy atom. The first-order valence-corrected chi connectivity index (χ1v) is 10.0. The fraction of sp³-hybridized carbons (Fsp3) is 0.647. The molecule has 0 amide bonds. The van der Waals surface area contributed by atoms with Gasteiger partial charge in [0.1, 0.15) is 5.82 Å². The van der Waals surface area contributed by atoms with Crippen LogP contribution in [0.5, 0.6) is 0 Å². The summed E-state index contributed by atoms with van der Waals surface area (Å²) in [4.78, 5) is 1.75. The van der Waals surface area contributed by atoms with Crippen molar-refractivity contribution in [1.29, 1.82) is 0 Å². The van der Waals surface area contributed by atoms with Gasteiger partial charge in [-0.15, -0.1) is 0 Å². The first kappa shape index (κ1) is 16.9. The van der Waals surface area contributed by atoms with E-state index in [1.807, 2.05) is 0 Å². The average Bonchev–Trinajstić information content (AvgIpc) is 2.55. The van der Waals surface area contributed by atoms with E-state index < -0.39 is 15.8 Å². The molecular weight excluding hydrogens is 315 g/mol. The number of nitrogens with zero attached hydrogens (tertiary/aromatic N) is 1. The van der Waals surface area contributed by atoms with Gasteiger partial charge in [0, 0.05) is 6.42 Å². The molecular formula is C17H26FN2O2S+. The van der Waals surface area contributed by atoms with Crippen molar-refractivity contribution in [3.8, 4) is 0 Å². The molecule has 2 unspecified atom stereocenters. The highest BCUT2D eigenvalue weighted by atomic mass is 32.2. The van der Waals surface area contributed by atoms with E-state index in [9.17, 15) is 12.8 Å². The normalized spacial score (nSPS) is 27.9. The fourth-order valence-corrected chi connectivity index (χ4v) is 5.42. The third-order valence-electron chi connectivity index (χ3n) is 5.33. The van der Waals surface area contributed by atoms with Gasteiger partial charge in [-0.1, -0.05) is 13.3 Å². The monoisotopic (exact) mass is 341 g/mol. The topological polar surface area (TPSA) is 41.8 Å². The summed E-state index contributed by atoms with van der Waals surface area (Å²) in [6.45, 7) is 5.18. The highest BCUT2D eigenvalue weighted by Crippen LogP contribution is 2.22. The van der Waals surface area contributed by atoms with Gasteiger partial charge in [0.2, 0.25) is 10.0 Å². The van der Waals surface area contributed by atoms with Gasteiger partial charge in [0.05, 0.1) is 37.1 Å². The van der Waals surface area contributed by atoms with Crippen molar-refractivity contribution in [2.45, 2.75) is 43.5 Å². The number of hydrogen-bond donors (Lipinski definition) is 1. The minimum absolute atomic E-state index is 0.189. The SMILES string of the molecule is CC1CCCC([NH+]2CCN(S(=O)(=O)c3ccc(F)cc3)CC2)C1. The summed E-state index contributed by atoms with van der Waals surface area (Å²) in [5.74, 6) is 0.381. The van der Waals surface area contributed by atoms with Gasteiger partial charge in [0.25, 0.3) is 0 Å². The minimum atomic E-state index is -3.49. The van der Waals surface area contributed by atoms with Gasteiger partial charge >= 0.3 is 0 Å². The van der Waals surface area contributed by atoms with E-state index in [2.05, 4.69) is 6.92 Å². The Bertz CT molecular complexity index is 624. The number of rotatable bonds is 3. The van der Waals surface area contributed by atoms with E-state index in [0.717, 1.165) is 19.0 Å². The van der Waals surface area contributed by atoms with Gasteiger partial charge in [-0.25, -0.2) is 12.8 Å². The lowest BCUT2D eigenvalue weighted by atomic mass is 9.86. The summed E-state index contributed by atoms with van der Waals surface area (Å²) in [5.41, 5.74) is 0. The van der Waals surface area contributed by atoms with Crippen LogP contribution < -0.4 is 4.90 Å². The van der Waals surface area contributed by atoms with Crippen molar-refractivity contribution < 1.29 is 17.7 Å². The van der Waals surface area contributed by atoms with Crippen LogP contribution in [0.3, 0.4) is 0 Å². The fourth-order valence-electron chi connectivity index (χ4n) is 3.98. The standard InChI is InChI=1S/C17H25FN2O2S/c1-14-3-2-4-16(13-14)19-9-11-20(12-10-19)23(21,22)17-7-5-15(18)6-8-17/h5-8,14,16H,2-4,9-13H2,1H3/p+1. The second kappa shape index (κ2) is 6.87. The van der Waals surface area contributed by atoms with Gasteiger partial charge in [-0.3, -0.25) is 0 Å². The highest BCUT2D eigenvalue weighted by Gasteiger charge is 2.34. The maximum atomic E-state index is 13.0. The molecule has 1 aromatic rings.